The van der Waals surface area contributed by atoms with Gasteiger partial charge in [0.2, 0.25) is 0 Å². The summed E-state index contributed by atoms with van der Waals surface area (Å²) >= 11 is 0. The van der Waals surface area contributed by atoms with Crippen LogP contribution >= 0.6 is 0 Å². The van der Waals surface area contributed by atoms with Gasteiger partial charge in [0.05, 0.1) is 31.8 Å². The molecule has 4 bridgehead atoms. The molecule has 3 fully saturated rings. The Morgan fingerprint density at radius 3 is 1.84 bits per heavy atom. The number of carbonyl (C=O) groups excluding carboxylic acids is 4. The largest absolute Gasteiger partial charge is 0.469 e. The summed E-state index contributed by atoms with van der Waals surface area (Å²) in [4.78, 5) is 51.6. The highest BCUT2D eigenvalue weighted by Gasteiger charge is 2.49. The number of carbonyl (C=O) groups is 4. The second kappa shape index (κ2) is 11.5. The third kappa shape index (κ3) is 6.80. The summed E-state index contributed by atoms with van der Waals surface area (Å²) in [6, 6.07) is 0.121. The highest BCUT2D eigenvalue weighted by atomic mass is 16.6. The second-order valence-electron chi connectivity index (χ2n) is 12.4. The fraction of sp³-hybridized carbons (Fsp3) is 0.786. The maximum absolute atomic E-state index is 12.3. The lowest BCUT2D eigenvalue weighted by Crippen LogP contribution is -2.51. The summed E-state index contributed by atoms with van der Waals surface area (Å²) in [5.74, 6) is -0.755. The van der Waals surface area contributed by atoms with Gasteiger partial charge in [-0.1, -0.05) is 6.08 Å². The molecule has 0 saturated carbocycles. The molecule has 3 saturated heterocycles. The Morgan fingerprint density at radius 1 is 0.737 bits per heavy atom. The SMILES string of the molecule is COC(=O)C1=CCC2CCC1N2C(=O)OC(C)(C)C.COC(=O)C1CCC2CCC1N2C(=O)OC(C)(C)C. The normalized spacial score (nSPS) is 28.0. The van der Waals surface area contributed by atoms with E-state index in [1.54, 1.807) is 9.80 Å². The zero-order valence-electron chi connectivity index (χ0n) is 24.1. The smallest absolute Gasteiger partial charge is 0.411 e. The Kier molecular flexibility index (Phi) is 9.04. The molecule has 214 valence electrons. The molecular formula is C28H44N2O8. The van der Waals surface area contributed by atoms with Crippen LogP contribution in [0.2, 0.25) is 0 Å². The molecule has 0 spiro atoms. The van der Waals surface area contributed by atoms with Crippen molar-refractivity contribution in [2.45, 2.75) is 122 Å². The minimum atomic E-state index is -0.525. The van der Waals surface area contributed by atoms with Gasteiger partial charge in [0.25, 0.3) is 0 Å². The zero-order valence-corrected chi connectivity index (χ0v) is 24.1. The number of amides is 2. The van der Waals surface area contributed by atoms with Crippen LogP contribution in [0.1, 0.15) is 86.5 Å². The molecule has 0 aromatic carbocycles. The minimum absolute atomic E-state index is 0.0546. The van der Waals surface area contributed by atoms with Crippen molar-refractivity contribution in [1.82, 2.24) is 9.80 Å². The van der Waals surface area contributed by atoms with Crippen molar-refractivity contribution in [2.75, 3.05) is 14.2 Å². The molecule has 4 aliphatic rings. The molecule has 0 aromatic heterocycles. The Bertz CT molecular complexity index is 947. The Hall–Kier alpha value is -2.78. The average molecular weight is 537 g/mol. The van der Waals surface area contributed by atoms with Crippen molar-refractivity contribution in [3.8, 4) is 0 Å². The highest BCUT2D eigenvalue weighted by Crippen LogP contribution is 2.40. The van der Waals surface area contributed by atoms with Crippen molar-refractivity contribution >= 4 is 24.1 Å². The fourth-order valence-electron chi connectivity index (χ4n) is 5.93. The topological polar surface area (TPSA) is 112 Å². The van der Waals surface area contributed by atoms with Crippen LogP contribution in [0.3, 0.4) is 0 Å². The van der Waals surface area contributed by atoms with E-state index in [0.29, 0.717) is 12.0 Å². The van der Waals surface area contributed by atoms with Gasteiger partial charge in [-0.2, -0.15) is 0 Å². The number of hydrogen-bond acceptors (Lipinski definition) is 8. The average Bonchev–Trinajstić information content (AvgIpc) is 3.29. The van der Waals surface area contributed by atoms with Crippen LogP contribution in [-0.4, -0.2) is 83.5 Å². The van der Waals surface area contributed by atoms with Gasteiger partial charge in [0.15, 0.2) is 0 Å². The van der Waals surface area contributed by atoms with Gasteiger partial charge >= 0.3 is 24.1 Å². The first-order chi connectivity index (χ1) is 17.7. The van der Waals surface area contributed by atoms with Crippen molar-refractivity contribution in [1.29, 1.82) is 0 Å². The van der Waals surface area contributed by atoms with Crippen molar-refractivity contribution < 1.29 is 38.1 Å². The minimum Gasteiger partial charge on any atom is -0.469 e. The predicted molar refractivity (Wildman–Crippen MR) is 139 cm³/mol. The Morgan fingerprint density at radius 2 is 1.29 bits per heavy atom. The number of esters is 2. The predicted octanol–water partition coefficient (Wildman–Crippen LogP) is 4.60. The van der Waals surface area contributed by atoms with Gasteiger partial charge in [-0.25, -0.2) is 14.4 Å². The second-order valence-corrected chi connectivity index (χ2v) is 12.4. The molecule has 0 aliphatic carbocycles. The molecule has 0 radical (unpaired) electrons. The van der Waals surface area contributed by atoms with Crippen molar-refractivity contribution in [2.24, 2.45) is 5.92 Å². The lowest BCUT2D eigenvalue weighted by Gasteiger charge is -2.39. The van der Waals surface area contributed by atoms with Crippen LogP contribution in [0.5, 0.6) is 0 Å². The molecule has 4 rings (SSSR count). The summed E-state index contributed by atoms with van der Waals surface area (Å²) in [5.41, 5.74) is -0.445. The summed E-state index contributed by atoms with van der Waals surface area (Å²) < 4.78 is 20.5. The van der Waals surface area contributed by atoms with Crippen LogP contribution in [-0.2, 0) is 28.5 Å². The van der Waals surface area contributed by atoms with E-state index in [1.807, 2.05) is 47.6 Å². The summed E-state index contributed by atoms with van der Waals surface area (Å²) in [6.45, 7) is 11.1. The Balaban J connectivity index is 0.000000211. The van der Waals surface area contributed by atoms with E-state index in [2.05, 4.69) is 0 Å². The molecule has 5 unspecified atom stereocenters. The first-order valence-corrected chi connectivity index (χ1v) is 13.6. The van der Waals surface area contributed by atoms with Gasteiger partial charge in [0.1, 0.15) is 11.2 Å². The number of nitrogens with zero attached hydrogens (tertiary/aromatic N) is 2. The molecule has 4 heterocycles. The number of fused-ring (bicyclic) bond motifs is 4. The lowest BCUT2D eigenvalue weighted by atomic mass is 9.90. The molecule has 0 N–H and O–H groups in total. The molecule has 2 amide bonds. The molecule has 10 heteroatoms. The van der Waals surface area contributed by atoms with Crippen LogP contribution in [0.25, 0.3) is 0 Å². The molecule has 10 nitrogen and oxygen atoms in total. The standard InChI is InChI=1S/C14H23NO4.C14H21NO4/c2*1-14(2,3)19-13(17)15-9-5-7-10(12(16)18-4)11(15)8-6-9/h9-11H,5-8H2,1-4H3;7,9,11H,5-6,8H2,1-4H3. The van der Waals surface area contributed by atoms with Crippen LogP contribution in [0.15, 0.2) is 11.6 Å². The lowest BCUT2D eigenvalue weighted by molar-refractivity contribution is -0.149. The summed E-state index contributed by atoms with van der Waals surface area (Å²) in [5, 5.41) is 0. The molecule has 38 heavy (non-hydrogen) atoms. The van der Waals surface area contributed by atoms with Crippen LogP contribution < -0.4 is 0 Å². The van der Waals surface area contributed by atoms with E-state index in [-0.39, 0.29) is 54.2 Å². The maximum atomic E-state index is 12.3. The third-order valence-corrected chi connectivity index (χ3v) is 7.43. The Labute approximate surface area is 226 Å². The molecule has 0 aromatic rings. The van der Waals surface area contributed by atoms with Gasteiger partial charge in [-0.15, -0.1) is 0 Å². The van der Waals surface area contributed by atoms with Crippen LogP contribution in [0, 0.1) is 5.92 Å². The van der Waals surface area contributed by atoms with Crippen LogP contribution in [0.4, 0.5) is 9.59 Å². The van der Waals surface area contributed by atoms with E-state index in [0.717, 1.165) is 38.5 Å². The van der Waals surface area contributed by atoms with Gasteiger partial charge in [-0.05, 0) is 86.5 Å². The molecule has 5 atom stereocenters. The number of hydrogen-bond donors (Lipinski definition) is 0. The van der Waals surface area contributed by atoms with E-state index in [9.17, 15) is 19.2 Å². The highest BCUT2D eigenvalue weighted by molar-refractivity contribution is 5.91. The van der Waals surface area contributed by atoms with Gasteiger partial charge < -0.3 is 23.8 Å². The number of rotatable bonds is 2. The monoisotopic (exact) mass is 536 g/mol. The van der Waals surface area contributed by atoms with Crippen molar-refractivity contribution in [3.63, 3.8) is 0 Å². The first-order valence-electron chi connectivity index (χ1n) is 13.6. The number of piperidine rings is 1. The van der Waals surface area contributed by atoms with E-state index < -0.39 is 11.2 Å². The third-order valence-electron chi connectivity index (χ3n) is 7.43. The number of ether oxygens (including phenoxy) is 4. The fourth-order valence-corrected chi connectivity index (χ4v) is 5.93. The van der Waals surface area contributed by atoms with E-state index >= 15 is 0 Å². The van der Waals surface area contributed by atoms with E-state index in [1.165, 1.54) is 14.2 Å². The van der Waals surface area contributed by atoms with Gasteiger partial charge in [-0.3, -0.25) is 9.69 Å². The summed E-state index contributed by atoms with van der Waals surface area (Å²) in [7, 11) is 2.77. The quantitative estimate of drug-likeness (QED) is 0.372. The number of methoxy groups -OCH3 is 2. The molecule has 4 aliphatic heterocycles. The molecular weight excluding hydrogens is 492 g/mol. The van der Waals surface area contributed by atoms with Crippen molar-refractivity contribution in [3.05, 3.63) is 11.6 Å². The maximum Gasteiger partial charge on any atom is 0.411 e. The summed E-state index contributed by atoms with van der Waals surface area (Å²) in [6.07, 6.45) is 7.14. The first kappa shape index (κ1) is 29.8. The van der Waals surface area contributed by atoms with Gasteiger partial charge in [0, 0.05) is 18.1 Å². The van der Waals surface area contributed by atoms with E-state index in [4.69, 9.17) is 18.9 Å². The zero-order chi connectivity index (χ0) is 28.4.